The van der Waals surface area contributed by atoms with Crippen LogP contribution in [-0.2, 0) is 16.2 Å². The Labute approximate surface area is 708 Å². The summed E-state index contributed by atoms with van der Waals surface area (Å²) >= 11 is 0. The van der Waals surface area contributed by atoms with Crippen molar-refractivity contribution in [2.24, 2.45) is 0 Å². The maximum absolute atomic E-state index is 2.74. The normalized spacial score (nSPS) is 12.8. The van der Waals surface area contributed by atoms with Gasteiger partial charge in [-0.15, -0.1) is 0 Å². The third kappa shape index (κ3) is 12.0. The smallest absolute Gasteiger partial charge is 0.252 e. The highest BCUT2D eigenvalue weighted by Gasteiger charge is 2.47. The van der Waals surface area contributed by atoms with Gasteiger partial charge >= 0.3 is 0 Å². The summed E-state index contributed by atoms with van der Waals surface area (Å²) in [5.74, 6) is 0. The molecule has 0 unspecified atom stereocenters. The van der Waals surface area contributed by atoms with E-state index >= 15 is 0 Å². The number of hydrogen-bond donors (Lipinski definition) is 0. The number of fused-ring (bicyclic) bond motifs is 13. The lowest BCUT2D eigenvalue weighted by atomic mass is 9.33. The molecule has 20 aromatic rings. The number of hydrogen-bond acceptors (Lipinski definition) is 3. The van der Waals surface area contributed by atoms with Crippen LogP contribution >= 0.6 is 0 Å². The van der Waals surface area contributed by atoms with Gasteiger partial charge in [0.2, 0.25) is 0 Å². The number of nitrogens with zero attached hydrogens (tertiary/aromatic N) is 6. The molecule has 0 N–H and O–H groups in total. The number of rotatable bonds is 12. The van der Waals surface area contributed by atoms with Crippen LogP contribution in [0.5, 0.6) is 0 Å². The van der Waals surface area contributed by atoms with Crippen LogP contribution in [0.2, 0.25) is 0 Å². The first-order chi connectivity index (χ1) is 59.0. The van der Waals surface area contributed by atoms with Crippen LogP contribution in [0, 0.1) is 0 Å². The summed E-state index contributed by atoms with van der Waals surface area (Å²) in [7, 11) is 0. The van der Waals surface area contributed by atoms with Crippen LogP contribution in [-0.4, -0.2) is 20.4 Å². The van der Waals surface area contributed by atoms with E-state index in [1.54, 1.807) is 0 Å². The lowest BCUT2D eigenvalue weighted by Crippen LogP contribution is -2.61. The van der Waals surface area contributed by atoms with Gasteiger partial charge in [-0.3, -0.25) is 0 Å². The largest absolute Gasteiger partial charge is 0.310 e. The highest BCUT2D eigenvalue weighted by Crippen LogP contribution is 2.56. The fourth-order valence-electron chi connectivity index (χ4n) is 19.7. The van der Waals surface area contributed by atoms with E-state index < -0.39 is 0 Å². The Morgan fingerprint density at radius 2 is 0.554 bits per heavy atom. The predicted molar refractivity (Wildman–Crippen MR) is 516 cm³/mol. The summed E-state index contributed by atoms with van der Waals surface area (Å²) in [5.41, 5.74) is 35.7. The predicted octanol–water partition coefficient (Wildman–Crippen LogP) is 29.1. The van der Waals surface area contributed by atoms with E-state index in [0.29, 0.717) is 0 Å². The van der Waals surface area contributed by atoms with E-state index in [9.17, 15) is 0 Å². The molecule has 580 valence electrons. The molecule has 0 spiro atoms. The van der Waals surface area contributed by atoms with Gasteiger partial charge in [-0.1, -0.05) is 317 Å². The van der Waals surface area contributed by atoms with Crippen molar-refractivity contribution in [3.05, 3.63) is 405 Å². The van der Waals surface area contributed by atoms with Crippen molar-refractivity contribution in [3.8, 4) is 61.6 Å². The lowest BCUT2D eigenvalue weighted by molar-refractivity contribution is 0.590. The van der Waals surface area contributed by atoms with Crippen molar-refractivity contribution in [1.82, 2.24) is 13.7 Å². The molecule has 0 saturated carbocycles. The van der Waals surface area contributed by atoms with Crippen LogP contribution in [0.1, 0.15) is 79.0 Å². The molecule has 17 aromatic carbocycles. The Balaban J connectivity index is 0.902. The number of benzene rings is 17. The molecule has 0 bridgehead atoms. The van der Waals surface area contributed by atoms with Crippen molar-refractivity contribution in [2.45, 2.75) is 78.6 Å². The molecule has 2 aliphatic rings. The van der Waals surface area contributed by atoms with Crippen LogP contribution in [0.4, 0.5) is 51.2 Å². The van der Waals surface area contributed by atoms with Crippen LogP contribution in [0.15, 0.2) is 388 Å². The molecule has 0 radical (unpaired) electrons. The molecule has 22 rings (SSSR count). The zero-order valence-corrected chi connectivity index (χ0v) is 69.7. The van der Waals surface area contributed by atoms with Gasteiger partial charge < -0.3 is 28.4 Å². The summed E-state index contributed by atoms with van der Waals surface area (Å²) < 4.78 is 7.54. The molecular formula is C114H91BN6. The van der Waals surface area contributed by atoms with Gasteiger partial charge in [0.15, 0.2) is 0 Å². The molecule has 7 heteroatoms. The first-order valence-electron chi connectivity index (χ1n) is 42.6. The van der Waals surface area contributed by atoms with E-state index in [0.717, 1.165) is 124 Å². The third-order valence-corrected chi connectivity index (χ3v) is 25.6. The second kappa shape index (κ2) is 28.2. The van der Waals surface area contributed by atoms with Crippen LogP contribution < -0.4 is 31.1 Å². The van der Waals surface area contributed by atoms with Crippen molar-refractivity contribution in [1.29, 1.82) is 0 Å². The first-order valence-corrected chi connectivity index (χ1v) is 42.6. The Kier molecular flexibility index (Phi) is 17.0. The maximum Gasteiger partial charge on any atom is 0.252 e. The zero-order valence-electron chi connectivity index (χ0n) is 69.7. The monoisotopic (exact) mass is 1550 g/mol. The average molecular weight is 1560 g/mol. The van der Waals surface area contributed by atoms with Gasteiger partial charge in [-0.2, -0.15) is 0 Å². The quantitative estimate of drug-likeness (QED) is 0.114. The highest BCUT2D eigenvalue weighted by atomic mass is 15.2. The van der Waals surface area contributed by atoms with Gasteiger partial charge in [0.25, 0.3) is 6.71 Å². The Hall–Kier alpha value is -14.4. The van der Waals surface area contributed by atoms with Crippen molar-refractivity contribution < 1.29 is 0 Å². The highest BCUT2D eigenvalue weighted by molar-refractivity contribution is 7.00. The minimum absolute atomic E-state index is 0.0869. The Morgan fingerprint density at radius 3 is 0.992 bits per heavy atom. The minimum Gasteiger partial charge on any atom is -0.310 e. The van der Waals surface area contributed by atoms with Crippen molar-refractivity contribution in [3.63, 3.8) is 0 Å². The maximum atomic E-state index is 2.74. The Bertz CT molecular complexity index is 7210. The summed E-state index contributed by atoms with van der Waals surface area (Å²) in [5, 5.41) is 7.34. The van der Waals surface area contributed by atoms with Crippen molar-refractivity contribution >= 4 is 140 Å². The molecule has 6 nitrogen and oxygen atoms in total. The van der Waals surface area contributed by atoms with Crippen LogP contribution in [0.3, 0.4) is 0 Å². The summed E-state index contributed by atoms with van der Waals surface area (Å²) in [6.45, 7) is 20.8. The van der Waals surface area contributed by atoms with Gasteiger partial charge in [0, 0.05) is 106 Å². The molecule has 0 fully saturated rings. The van der Waals surface area contributed by atoms with Gasteiger partial charge in [-0.25, -0.2) is 0 Å². The molecule has 0 saturated heterocycles. The first kappa shape index (κ1) is 73.0. The third-order valence-electron chi connectivity index (χ3n) is 25.6. The standard InChI is InChI=1S/C114H91BN6/c1-112(2,3)78-54-64-103-95(66-78)96-67-79(113(4,5)6)55-65-104(96)118(103)85-61-63-98-106(71-85)121(111-93(76-38-19-12-20-39-76)68-80(114(7,8)9)69-94(111)77-40-21-13-22-41-77)108-73-86(119-101-52-31-27-46-91(101)92-47-28-32-53-102(92)119)72-107-109(108)115(98)97-62-60-84(70-105(97)120(107)110-87(74-34-15-10-16-35-74)48-33-49-88(110)75-36-17-11-18-37-75)116(81-42-23-14-24-43-81)82-56-58-83(59-57-82)117-99-50-29-25-44-89(99)90-45-26-30-51-100(90)117/h10-73H,1-9H3. The molecule has 121 heavy (non-hydrogen) atoms. The Morgan fingerprint density at radius 1 is 0.223 bits per heavy atom. The second-order valence-corrected chi connectivity index (χ2v) is 36.0. The van der Waals surface area contributed by atoms with Crippen molar-refractivity contribution in [2.75, 3.05) is 14.7 Å². The zero-order chi connectivity index (χ0) is 81.7. The molecule has 0 aliphatic carbocycles. The number of para-hydroxylation sites is 6. The van der Waals surface area contributed by atoms with E-state index in [1.807, 2.05) is 0 Å². The summed E-state index contributed by atoms with van der Waals surface area (Å²) in [4.78, 5) is 7.91. The summed E-state index contributed by atoms with van der Waals surface area (Å²) in [6, 6.07) is 147. The van der Waals surface area contributed by atoms with Crippen LogP contribution in [0.25, 0.3) is 127 Å². The second-order valence-electron chi connectivity index (χ2n) is 36.0. The number of aromatic nitrogens is 3. The fraction of sp³-hybridized carbons (Fsp3) is 0.105. The minimum atomic E-state index is -0.339. The topological polar surface area (TPSA) is 24.5 Å². The fourth-order valence-corrected chi connectivity index (χ4v) is 19.7. The van der Waals surface area contributed by atoms with E-state index in [4.69, 9.17) is 0 Å². The lowest BCUT2D eigenvalue weighted by Gasteiger charge is -2.46. The average Bonchev–Trinajstić information content (AvgIpc) is 1.25. The van der Waals surface area contributed by atoms with Gasteiger partial charge in [0.1, 0.15) is 0 Å². The van der Waals surface area contributed by atoms with Gasteiger partial charge in [0.05, 0.1) is 50.2 Å². The molecule has 5 heterocycles. The molecular weight excluding hydrogens is 1460 g/mol. The van der Waals surface area contributed by atoms with E-state index in [-0.39, 0.29) is 23.0 Å². The SMILES string of the molecule is CC(C)(C)c1cc(-c2ccccc2)c(N2c3cc(-n4c5ccc(C(C)(C)C)cc5c5cc(C(C)(C)C)ccc54)ccc3B3c4ccc(N(c5ccccc5)c5ccc(-n6c7ccccc7c7ccccc76)cc5)cc4N(c4c(-c5ccccc5)cccc4-c4ccccc4)c4cc(-n5c6ccccc6c6ccccc65)cc2c43)c(-c2ccccc2)c1. The molecule has 3 aromatic heterocycles. The van der Waals surface area contributed by atoms with E-state index in [1.165, 1.54) is 87.5 Å². The molecule has 0 amide bonds. The van der Waals surface area contributed by atoms with Gasteiger partial charge in [-0.05, 0) is 205 Å². The number of anilines is 9. The van der Waals surface area contributed by atoms with E-state index in [2.05, 4.69) is 479 Å². The molecule has 2 aliphatic heterocycles. The summed E-state index contributed by atoms with van der Waals surface area (Å²) in [6.07, 6.45) is 0. The molecule has 0 atom stereocenters.